The highest BCUT2D eigenvalue weighted by atomic mass is 16.6. The highest BCUT2D eigenvalue weighted by Gasteiger charge is 2.31. The quantitative estimate of drug-likeness (QED) is 0.647. The standard InChI is InChI=1S/C11H12N2O2/c1-7-4-5-9-8(6-7)10(12-15-3)11(14)13(9)2/h4-6H,1-3H3/b12-10+. The average molecular weight is 204 g/mol. The summed E-state index contributed by atoms with van der Waals surface area (Å²) in [5.41, 5.74) is 3.19. The number of hydrogen-bond donors (Lipinski definition) is 0. The Labute approximate surface area is 88.1 Å². The van der Waals surface area contributed by atoms with Crippen LogP contribution < -0.4 is 4.90 Å². The average Bonchev–Trinajstić information content (AvgIpc) is 2.44. The van der Waals surface area contributed by atoms with Crippen LogP contribution in [0.15, 0.2) is 23.4 Å². The van der Waals surface area contributed by atoms with E-state index in [2.05, 4.69) is 9.99 Å². The van der Waals surface area contributed by atoms with E-state index in [9.17, 15) is 4.79 Å². The predicted octanol–water partition coefficient (Wildman–Crippen LogP) is 1.32. The maximum Gasteiger partial charge on any atom is 0.280 e. The summed E-state index contributed by atoms with van der Waals surface area (Å²) in [5, 5.41) is 3.76. The van der Waals surface area contributed by atoms with Gasteiger partial charge in [-0.05, 0) is 19.1 Å². The third-order valence-corrected chi connectivity index (χ3v) is 2.46. The van der Waals surface area contributed by atoms with Crippen LogP contribution in [0.5, 0.6) is 0 Å². The molecular weight excluding hydrogens is 192 g/mol. The number of rotatable bonds is 1. The Morgan fingerprint density at radius 1 is 1.40 bits per heavy atom. The van der Waals surface area contributed by atoms with E-state index in [1.807, 2.05) is 25.1 Å². The van der Waals surface area contributed by atoms with E-state index >= 15 is 0 Å². The summed E-state index contributed by atoms with van der Waals surface area (Å²) in [6.07, 6.45) is 0. The van der Waals surface area contributed by atoms with Crippen LogP contribution >= 0.6 is 0 Å². The number of carbonyl (C=O) groups excluding carboxylic acids is 1. The van der Waals surface area contributed by atoms with Crippen molar-refractivity contribution in [3.05, 3.63) is 29.3 Å². The number of hydrogen-bond acceptors (Lipinski definition) is 3. The van der Waals surface area contributed by atoms with Crippen LogP contribution in [0, 0.1) is 6.92 Å². The number of benzene rings is 1. The Bertz CT molecular complexity index is 452. The predicted molar refractivity (Wildman–Crippen MR) is 58.1 cm³/mol. The fourth-order valence-electron chi connectivity index (χ4n) is 1.69. The van der Waals surface area contributed by atoms with E-state index in [0.717, 1.165) is 16.8 Å². The first-order valence-electron chi connectivity index (χ1n) is 4.65. The monoisotopic (exact) mass is 204 g/mol. The molecule has 1 aromatic rings. The molecule has 0 saturated heterocycles. The lowest BCUT2D eigenvalue weighted by Gasteiger charge is -2.08. The van der Waals surface area contributed by atoms with Gasteiger partial charge in [-0.3, -0.25) is 4.79 Å². The first-order valence-corrected chi connectivity index (χ1v) is 4.65. The van der Waals surface area contributed by atoms with E-state index < -0.39 is 0 Å². The lowest BCUT2D eigenvalue weighted by Crippen LogP contribution is -2.25. The van der Waals surface area contributed by atoms with Gasteiger partial charge >= 0.3 is 0 Å². The van der Waals surface area contributed by atoms with Crippen molar-refractivity contribution < 1.29 is 9.63 Å². The Kier molecular flexibility index (Phi) is 2.19. The van der Waals surface area contributed by atoms with Gasteiger partial charge in [0.25, 0.3) is 5.91 Å². The molecule has 0 unspecified atom stereocenters. The van der Waals surface area contributed by atoms with Gasteiger partial charge in [-0.15, -0.1) is 0 Å². The van der Waals surface area contributed by atoms with Gasteiger partial charge in [0.1, 0.15) is 7.11 Å². The number of oxime groups is 1. The van der Waals surface area contributed by atoms with Crippen LogP contribution in [-0.2, 0) is 9.63 Å². The fraction of sp³-hybridized carbons (Fsp3) is 0.273. The molecule has 78 valence electrons. The third kappa shape index (κ3) is 1.38. The van der Waals surface area contributed by atoms with Gasteiger partial charge < -0.3 is 9.74 Å². The van der Waals surface area contributed by atoms with Crippen molar-refractivity contribution in [1.29, 1.82) is 0 Å². The van der Waals surface area contributed by atoms with E-state index in [-0.39, 0.29) is 5.91 Å². The van der Waals surface area contributed by atoms with Crippen molar-refractivity contribution in [2.75, 3.05) is 19.1 Å². The first-order chi connectivity index (χ1) is 7.15. The third-order valence-electron chi connectivity index (χ3n) is 2.46. The minimum absolute atomic E-state index is 0.127. The molecule has 0 bridgehead atoms. The molecule has 4 nitrogen and oxygen atoms in total. The molecule has 1 amide bonds. The van der Waals surface area contributed by atoms with Gasteiger partial charge in [-0.2, -0.15) is 0 Å². The Morgan fingerprint density at radius 2 is 2.13 bits per heavy atom. The largest absolute Gasteiger partial charge is 0.398 e. The molecule has 0 aromatic heterocycles. The normalized spacial score (nSPS) is 17.1. The molecule has 4 heteroatoms. The summed E-state index contributed by atoms with van der Waals surface area (Å²) in [6, 6.07) is 5.83. The molecule has 2 rings (SSSR count). The maximum atomic E-state index is 11.8. The number of nitrogens with zero attached hydrogens (tertiary/aromatic N) is 2. The molecule has 1 aliphatic rings. The van der Waals surface area contributed by atoms with E-state index in [1.54, 1.807) is 11.9 Å². The first kappa shape index (κ1) is 9.71. The van der Waals surface area contributed by atoms with Crippen LogP contribution in [-0.4, -0.2) is 25.8 Å². The zero-order valence-corrected chi connectivity index (χ0v) is 8.94. The Hall–Kier alpha value is -1.84. The number of aryl methyl sites for hydroxylation is 1. The topological polar surface area (TPSA) is 41.9 Å². The van der Waals surface area contributed by atoms with Crippen molar-refractivity contribution in [3.63, 3.8) is 0 Å². The second kappa shape index (κ2) is 3.38. The number of anilines is 1. The fourth-order valence-corrected chi connectivity index (χ4v) is 1.69. The number of carbonyl (C=O) groups is 1. The van der Waals surface area contributed by atoms with Crippen LogP contribution in [0.4, 0.5) is 5.69 Å². The van der Waals surface area contributed by atoms with E-state index in [1.165, 1.54) is 7.11 Å². The van der Waals surface area contributed by atoms with Crippen LogP contribution in [0.3, 0.4) is 0 Å². The molecule has 1 aromatic carbocycles. The Morgan fingerprint density at radius 3 is 2.80 bits per heavy atom. The van der Waals surface area contributed by atoms with Crippen molar-refractivity contribution >= 4 is 17.3 Å². The van der Waals surface area contributed by atoms with Gasteiger partial charge in [0.15, 0.2) is 5.71 Å². The number of likely N-dealkylation sites (N-methyl/N-ethyl adjacent to an activating group) is 1. The molecule has 0 saturated carbocycles. The van der Waals surface area contributed by atoms with Crippen molar-refractivity contribution in [2.45, 2.75) is 6.92 Å². The lowest BCUT2D eigenvalue weighted by molar-refractivity contribution is -0.112. The molecule has 1 heterocycles. The number of fused-ring (bicyclic) bond motifs is 1. The Balaban J connectivity index is 2.62. The highest BCUT2D eigenvalue weighted by molar-refractivity contribution is 6.54. The summed E-state index contributed by atoms with van der Waals surface area (Å²) >= 11 is 0. The van der Waals surface area contributed by atoms with Gasteiger partial charge in [0.05, 0.1) is 5.69 Å². The zero-order chi connectivity index (χ0) is 11.0. The van der Waals surface area contributed by atoms with Crippen LogP contribution in [0.25, 0.3) is 0 Å². The van der Waals surface area contributed by atoms with Gasteiger partial charge in [0.2, 0.25) is 0 Å². The van der Waals surface area contributed by atoms with E-state index in [4.69, 9.17) is 0 Å². The molecule has 0 atom stereocenters. The lowest BCUT2D eigenvalue weighted by atomic mass is 10.1. The summed E-state index contributed by atoms with van der Waals surface area (Å²) in [4.78, 5) is 18.0. The second-order valence-corrected chi connectivity index (χ2v) is 3.51. The second-order valence-electron chi connectivity index (χ2n) is 3.51. The minimum atomic E-state index is -0.127. The maximum absolute atomic E-state index is 11.8. The highest BCUT2D eigenvalue weighted by Crippen LogP contribution is 2.28. The summed E-state index contributed by atoms with van der Waals surface area (Å²) < 4.78 is 0. The van der Waals surface area contributed by atoms with Crippen molar-refractivity contribution in [2.24, 2.45) is 5.16 Å². The van der Waals surface area contributed by atoms with Crippen LogP contribution in [0.2, 0.25) is 0 Å². The summed E-state index contributed by atoms with van der Waals surface area (Å²) in [7, 11) is 3.17. The smallest absolute Gasteiger partial charge is 0.280 e. The van der Waals surface area contributed by atoms with Crippen molar-refractivity contribution in [3.8, 4) is 0 Å². The number of amides is 1. The summed E-state index contributed by atoms with van der Waals surface area (Å²) in [5.74, 6) is -0.127. The zero-order valence-electron chi connectivity index (χ0n) is 8.94. The minimum Gasteiger partial charge on any atom is -0.398 e. The molecule has 0 radical (unpaired) electrons. The molecule has 15 heavy (non-hydrogen) atoms. The molecule has 0 aliphatic carbocycles. The molecule has 0 fully saturated rings. The SMILES string of the molecule is CO/N=C1/C(=O)N(C)c2ccc(C)cc21. The molecule has 1 aliphatic heterocycles. The van der Waals surface area contributed by atoms with Gasteiger partial charge in [0, 0.05) is 12.6 Å². The molecule has 0 spiro atoms. The van der Waals surface area contributed by atoms with Crippen LogP contribution in [0.1, 0.15) is 11.1 Å². The van der Waals surface area contributed by atoms with Gasteiger partial charge in [-0.25, -0.2) is 0 Å². The van der Waals surface area contributed by atoms with Crippen molar-refractivity contribution in [1.82, 2.24) is 0 Å². The molecule has 0 N–H and O–H groups in total. The molecular formula is C11H12N2O2. The van der Waals surface area contributed by atoms with Gasteiger partial charge in [-0.1, -0.05) is 16.8 Å². The van der Waals surface area contributed by atoms with E-state index in [0.29, 0.717) is 5.71 Å². The summed E-state index contributed by atoms with van der Waals surface area (Å²) in [6.45, 7) is 1.98.